The molecule has 0 aromatic carbocycles. The molecule has 0 radical (unpaired) electrons. The van der Waals surface area contributed by atoms with Crippen molar-refractivity contribution in [1.82, 2.24) is 15.0 Å². The van der Waals surface area contributed by atoms with Crippen LogP contribution >= 0.6 is 34.0 Å². The van der Waals surface area contributed by atoms with Gasteiger partial charge in [-0.25, -0.2) is 15.0 Å². The molecule has 0 unspecified atom stereocenters. The quantitative estimate of drug-likeness (QED) is 0.438. The fraction of sp³-hybridized carbons (Fsp3) is 0.0526. The van der Waals surface area contributed by atoms with E-state index in [0.717, 1.165) is 30.7 Å². The number of carbonyl (C=O) groups excluding carboxylic acids is 2. The highest BCUT2D eigenvalue weighted by molar-refractivity contribution is 7.21. The van der Waals surface area contributed by atoms with Crippen molar-refractivity contribution in [2.75, 3.05) is 5.01 Å². The summed E-state index contributed by atoms with van der Waals surface area (Å²) in [5.41, 5.74) is 1.14. The molecule has 4 aromatic rings. The Morgan fingerprint density at radius 3 is 2.61 bits per heavy atom. The molecule has 138 valence electrons. The van der Waals surface area contributed by atoms with Crippen LogP contribution in [0, 0.1) is 0 Å². The Labute approximate surface area is 172 Å². The van der Waals surface area contributed by atoms with Gasteiger partial charge in [-0.1, -0.05) is 6.07 Å². The highest BCUT2D eigenvalue weighted by Gasteiger charge is 2.37. The first-order valence-corrected chi connectivity index (χ1v) is 11.0. The third-order valence-electron chi connectivity index (χ3n) is 4.34. The molecule has 28 heavy (non-hydrogen) atoms. The van der Waals surface area contributed by atoms with E-state index >= 15 is 0 Å². The molecule has 4 aromatic heterocycles. The summed E-state index contributed by atoms with van der Waals surface area (Å²) in [4.78, 5) is 37.2. The van der Waals surface area contributed by atoms with Gasteiger partial charge < -0.3 is 0 Å². The van der Waals surface area contributed by atoms with Crippen LogP contribution in [0.4, 0.5) is 11.5 Å². The van der Waals surface area contributed by atoms with Crippen molar-refractivity contribution < 1.29 is 9.59 Å². The summed E-state index contributed by atoms with van der Waals surface area (Å²) in [6, 6.07) is 7.82. The van der Waals surface area contributed by atoms with Crippen molar-refractivity contribution in [1.29, 1.82) is 0 Å². The third kappa shape index (κ3) is 2.59. The summed E-state index contributed by atoms with van der Waals surface area (Å²) in [5, 5.41) is 9.46. The molecule has 6 nitrogen and oxygen atoms in total. The Morgan fingerprint density at radius 1 is 1.00 bits per heavy atom. The smallest absolute Gasteiger partial charge is 0.267 e. The zero-order valence-electron chi connectivity index (χ0n) is 14.5. The molecule has 0 saturated carbocycles. The van der Waals surface area contributed by atoms with Crippen molar-refractivity contribution in [3.05, 3.63) is 58.4 Å². The number of hydrazine groups is 1. The summed E-state index contributed by atoms with van der Waals surface area (Å²) < 4.78 is 0. The van der Waals surface area contributed by atoms with Crippen LogP contribution < -0.4 is 5.01 Å². The van der Waals surface area contributed by atoms with Crippen LogP contribution in [0.2, 0.25) is 0 Å². The van der Waals surface area contributed by atoms with Crippen molar-refractivity contribution >= 4 is 67.5 Å². The van der Waals surface area contributed by atoms with Crippen LogP contribution in [-0.2, 0) is 9.59 Å². The van der Waals surface area contributed by atoms with Crippen LogP contribution in [0.1, 0.15) is 6.92 Å². The molecule has 0 atom stereocenters. The van der Waals surface area contributed by atoms with Crippen molar-refractivity contribution in [2.45, 2.75) is 6.92 Å². The van der Waals surface area contributed by atoms with Gasteiger partial charge in [0.1, 0.15) is 11.2 Å². The van der Waals surface area contributed by atoms with E-state index in [4.69, 9.17) is 0 Å². The van der Waals surface area contributed by atoms with Gasteiger partial charge in [0, 0.05) is 16.5 Å². The number of carbonyl (C=O) groups is 2. The number of thiophene rings is 3. The lowest BCUT2D eigenvalue weighted by Crippen LogP contribution is -2.44. The van der Waals surface area contributed by atoms with Gasteiger partial charge in [0.2, 0.25) is 0 Å². The number of nitrogens with zero attached hydrogens (tertiary/aromatic N) is 4. The van der Waals surface area contributed by atoms with Gasteiger partial charge in [-0.05, 0) is 41.3 Å². The summed E-state index contributed by atoms with van der Waals surface area (Å²) >= 11 is 4.66. The normalized spacial score (nSPS) is 14.2. The molecule has 0 saturated heterocycles. The van der Waals surface area contributed by atoms with Gasteiger partial charge in [-0.15, -0.1) is 34.0 Å². The monoisotopic (exact) mass is 424 g/mol. The molecule has 0 N–H and O–H groups in total. The molecule has 1 aliphatic heterocycles. The molecular formula is C19H12N4O2S3. The molecule has 5 rings (SSSR count). The number of amides is 2. The lowest BCUT2D eigenvalue weighted by Gasteiger charge is -2.31. The molecule has 9 heteroatoms. The molecule has 0 spiro atoms. The second-order valence-electron chi connectivity index (χ2n) is 6.04. The van der Waals surface area contributed by atoms with Crippen LogP contribution in [0.3, 0.4) is 0 Å². The Bertz CT molecular complexity index is 1240. The van der Waals surface area contributed by atoms with Gasteiger partial charge in [0.25, 0.3) is 11.8 Å². The van der Waals surface area contributed by atoms with Gasteiger partial charge in [-0.2, -0.15) is 5.01 Å². The minimum atomic E-state index is -0.382. The number of hydrogen-bond acceptors (Lipinski definition) is 8. The first kappa shape index (κ1) is 17.2. The van der Waals surface area contributed by atoms with Crippen molar-refractivity contribution in [2.24, 2.45) is 0 Å². The second-order valence-corrected chi connectivity index (χ2v) is 8.80. The van der Waals surface area contributed by atoms with E-state index in [1.165, 1.54) is 23.7 Å². The van der Waals surface area contributed by atoms with Crippen molar-refractivity contribution in [3.8, 4) is 9.75 Å². The molecule has 0 aliphatic carbocycles. The Morgan fingerprint density at radius 2 is 1.86 bits per heavy atom. The highest BCUT2D eigenvalue weighted by Crippen LogP contribution is 2.44. The number of rotatable bonds is 4. The maximum atomic E-state index is 12.9. The van der Waals surface area contributed by atoms with Crippen LogP contribution in [0.15, 0.2) is 58.4 Å². The molecule has 0 fully saturated rings. The number of imide groups is 1. The van der Waals surface area contributed by atoms with E-state index in [1.54, 1.807) is 34.6 Å². The van der Waals surface area contributed by atoms with E-state index in [1.807, 2.05) is 40.4 Å². The zero-order valence-corrected chi connectivity index (χ0v) is 17.0. The zero-order chi connectivity index (χ0) is 19.3. The molecular weight excluding hydrogens is 412 g/mol. The second kappa shape index (κ2) is 6.62. The van der Waals surface area contributed by atoms with E-state index in [2.05, 4.69) is 9.97 Å². The lowest BCUT2D eigenvalue weighted by atomic mass is 10.3. The van der Waals surface area contributed by atoms with Gasteiger partial charge >= 0.3 is 0 Å². The molecule has 2 amide bonds. The summed E-state index contributed by atoms with van der Waals surface area (Å²) in [7, 11) is 0. The number of anilines is 2. The minimum absolute atomic E-state index is 0.352. The lowest BCUT2D eigenvalue weighted by molar-refractivity contribution is -0.137. The van der Waals surface area contributed by atoms with Crippen LogP contribution in [0.25, 0.3) is 20.0 Å². The Kier molecular flexibility index (Phi) is 4.08. The average Bonchev–Trinajstić information content (AvgIpc) is 3.47. The minimum Gasteiger partial charge on any atom is -0.267 e. The first-order valence-electron chi connectivity index (χ1n) is 8.31. The van der Waals surface area contributed by atoms with E-state index in [-0.39, 0.29) is 11.8 Å². The van der Waals surface area contributed by atoms with E-state index < -0.39 is 0 Å². The maximum absolute atomic E-state index is 12.9. The van der Waals surface area contributed by atoms with Gasteiger partial charge in [-0.3, -0.25) is 9.59 Å². The standard InChI is InChI=1S/C19H12N4O2S3/c1-11-9-15(24)23(19(11)25)22(17-12-4-7-28-18(12)21-10-20-17)13-5-8-27-16(13)14-3-2-6-26-14/h2-10H,1H3. The van der Waals surface area contributed by atoms with Crippen LogP contribution in [0.5, 0.6) is 0 Å². The third-order valence-corrected chi connectivity index (χ3v) is 7.11. The van der Waals surface area contributed by atoms with Crippen molar-refractivity contribution in [3.63, 3.8) is 0 Å². The SMILES string of the molecule is CC1=CC(=O)N(N(c2ccsc2-c2cccs2)c2ncnc3sccc23)C1=O. The highest BCUT2D eigenvalue weighted by atomic mass is 32.1. The van der Waals surface area contributed by atoms with E-state index in [0.29, 0.717) is 11.4 Å². The van der Waals surface area contributed by atoms with Gasteiger partial charge in [0.15, 0.2) is 5.82 Å². The predicted octanol–water partition coefficient (Wildman–Crippen LogP) is 4.85. The predicted molar refractivity (Wildman–Crippen MR) is 113 cm³/mol. The van der Waals surface area contributed by atoms with Gasteiger partial charge in [0.05, 0.1) is 16.0 Å². The fourth-order valence-electron chi connectivity index (χ4n) is 3.09. The van der Waals surface area contributed by atoms with Crippen LogP contribution in [-0.4, -0.2) is 26.8 Å². The summed E-state index contributed by atoms with van der Waals surface area (Å²) in [5.74, 6) is -0.226. The topological polar surface area (TPSA) is 66.4 Å². The Balaban J connectivity index is 1.76. The number of fused-ring (bicyclic) bond motifs is 1. The maximum Gasteiger partial charge on any atom is 0.276 e. The molecule has 1 aliphatic rings. The first-order chi connectivity index (χ1) is 13.6. The Hall–Kier alpha value is -2.88. The summed E-state index contributed by atoms with van der Waals surface area (Å²) in [6.07, 6.45) is 2.82. The average molecular weight is 425 g/mol. The molecule has 5 heterocycles. The summed E-state index contributed by atoms with van der Waals surface area (Å²) in [6.45, 7) is 1.65. The number of hydrogen-bond donors (Lipinski definition) is 0. The largest absolute Gasteiger partial charge is 0.276 e. The number of aromatic nitrogens is 2. The van der Waals surface area contributed by atoms with E-state index in [9.17, 15) is 9.59 Å². The fourth-order valence-corrected chi connectivity index (χ4v) is 5.57. The molecule has 0 bridgehead atoms.